The molecule has 0 aromatic carbocycles. The SMILES string of the molecule is CNCc1cccc(N2CCC(C)C(C)C2)n1. The highest BCUT2D eigenvalue weighted by Gasteiger charge is 2.23. The van der Waals surface area contributed by atoms with Gasteiger partial charge in [0.2, 0.25) is 0 Å². The number of nitrogens with zero attached hydrogens (tertiary/aromatic N) is 2. The molecule has 2 heterocycles. The number of nitrogens with one attached hydrogen (secondary N) is 1. The van der Waals surface area contributed by atoms with Crippen molar-refractivity contribution in [2.75, 3.05) is 25.0 Å². The number of piperidine rings is 1. The summed E-state index contributed by atoms with van der Waals surface area (Å²) < 4.78 is 0. The maximum atomic E-state index is 4.71. The first-order chi connectivity index (χ1) is 8.20. The van der Waals surface area contributed by atoms with E-state index in [2.05, 4.69) is 42.3 Å². The van der Waals surface area contributed by atoms with E-state index in [1.807, 2.05) is 7.05 Å². The van der Waals surface area contributed by atoms with Crippen LogP contribution in [0.25, 0.3) is 0 Å². The predicted octanol–water partition coefficient (Wildman–Crippen LogP) is 2.28. The Morgan fingerprint density at radius 3 is 2.88 bits per heavy atom. The Kier molecular flexibility index (Phi) is 4.00. The van der Waals surface area contributed by atoms with E-state index in [0.29, 0.717) is 0 Å². The van der Waals surface area contributed by atoms with Crippen molar-refractivity contribution in [1.29, 1.82) is 0 Å². The smallest absolute Gasteiger partial charge is 0.128 e. The van der Waals surface area contributed by atoms with Crippen molar-refractivity contribution in [2.24, 2.45) is 11.8 Å². The molecular formula is C14H23N3. The van der Waals surface area contributed by atoms with Crippen LogP contribution in [-0.4, -0.2) is 25.1 Å². The second-order valence-electron chi connectivity index (χ2n) is 5.21. The molecule has 1 N–H and O–H groups in total. The van der Waals surface area contributed by atoms with Crippen LogP contribution in [0.1, 0.15) is 26.0 Å². The van der Waals surface area contributed by atoms with Gasteiger partial charge in [0.1, 0.15) is 5.82 Å². The molecule has 1 aromatic rings. The van der Waals surface area contributed by atoms with Crippen LogP contribution in [0.5, 0.6) is 0 Å². The molecule has 2 rings (SSSR count). The Morgan fingerprint density at radius 1 is 1.35 bits per heavy atom. The van der Waals surface area contributed by atoms with Crippen molar-refractivity contribution in [3.8, 4) is 0 Å². The van der Waals surface area contributed by atoms with Crippen molar-refractivity contribution in [3.05, 3.63) is 23.9 Å². The first-order valence-electron chi connectivity index (χ1n) is 6.56. The second-order valence-corrected chi connectivity index (χ2v) is 5.21. The summed E-state index contributed by atoms with van der Waals surface area (Å²) >= 11 is 0. The number of aromatic nitrogens is 1. The molecule has 1 fully saturated rings. The van der Waals surface area contributed by atoms with Gasteiger partial charge in [-0.2, -0.15) is 0 Å². The number of pyridine rings is 1. The summed E-state index contributed by atoms with van der Waals surface area (Å²) in [5.74, 6) is 2.74. The minimum atomic E-state index is 0.763. The van der Waals surface area contributed by atoms with Gasteiger partial charge in [-0.05, 0) is 37.4 Å². The molecule has 3 heteroatoms. The van der Waals surface area contributed by atoms with Gasteiger partial charge in [0.05, 0.1) is 5.69 Å². The van der Waals surface area contributed by atoms with Gasteiger partial charge in [-0.3, -0.25) is 0 Å². The molecule has 0 radical (unpaired) electrons. The van der Waals surface area contributed by atoms with Gasteiger partial charge in [-0.25, -0.2) is 4.98 Å². The molecule has 1 aliphatic rings. The molecule has 1 aromatic heterocycles. The third-order valence-electron chi connectivity index (χ3n) is 3.81. The fourth-order valence-corrected chi connectivity index (χ4v) is 2.39. The molecule has 0 aliphatic carbocycles. The highest BCUT2D eigenvalue weighted by Crippen LogP contribution is 2.25. The van der Waals surface area contributed by atoms with Crippen LogP contribution in [0, 0.1) is 11.8 Å². The molecule has 2 atom stereocenters. The predicted molar refractivity (Wildman–Crippen MR) is 72.2 cm³/mol. The Morgan fingerprint density at radius 2 is 2.18 bits per heavy atom. The van der Waals surface area contributed by atoms with Crippen LogP contribution in [0.15, 0.2) is 18.2 Å². The minimum Gasteiger partial charge on any atom is -0.356 e. The average Bonchev–Trinajstić information content (AvgIpc) is 2.33. The molecule has 2 unspecified atom stereocenters. The average molecular weight is 233 g/mol. The number of rotatable bonds is 3. The summed E-state index contributed by atoms with van der Waals surface area (Å²) in [4.78, 5) is 7.13. The third kappa shape index (κ3) is 2.97. The molecular weight excluding hydrogens is 210 g/mol. The van der Waals surface area contributed by atoms with E-state index in [1.54, 1.807) is 0 Å². The Bertz CT molecular complexity index is 364. The minimum absolute atomic E-state index is 0.763. The van der Waals surface area contributed by atoms with Gasteiger partial charge < -0.3 is 10.2 Å². The Balaban J connectivity index is 2.09. The van der Waals surface area contributed by atoms with E-state index >= 15 is 0 Å². The first kappa shape index (κ1) is 12.4. The summed E-state index contributed by atoms with van der Waals surface area (Å²) in [6.45, 7) is 7.81. The lowest BCUT2D eigenvalue weighted by atomic mass is 9.89. The van der Waals surface area contributed by atoms with E-state index < -0.39 is 0 Å². The molecule has 0 bridgehead atoms. The maximum absolute atomic E-state index is 4.71. The van der Waals surface area contributed by atoms with Crippen molar-refractivity contribution < 1.29 is 0 Å². The van der Waals surface area contributed by atoms with Gasteiger partial charge in [0.25, 0.3) is 0 Å². The van der Waals surface area contributed by atoms with Crippen LogP contribution in [0.3, 0.4) is 0 Å². The molecule has 17 heavy (non-hydrogen) atoms. The van der Waals surface area contributed by atoms with Crippen molar-refractivity contribution in [3.63, 3.8) is 0 Å². The summed E-state index contributed by atoms with van der Waals surface area (Å²) in [5.41, 5.74) is 1.12. The van der Waals surface area contributed by atoms with E-state index in [-0.39, 0.29) is 0 Å². The number of hydrogen-bond donors (Lipinski definition) is 1. The quantitative estimate of drug-likeness (QED) is 0.868. The lowest BCUT2D eigenvalue weighted by molar-refractivity contribution is 0.322. The second kappa shape index (κ2) is 5.50. The lowest BCUT2D eigenvalue weighted by Gasteiger charge is -2.36. The Labute approximate surface area is 104 Å². The van der Waals surface area contributed by atoms with Crippen molar-refractivity contribution in [2.45, 2.75) is 26.8 Å². The van der Waals surface area contributed by atoms with Crippen LogP contribution in [-0.2, 0) is 6.54 Å². The molecule has 1 saturated heterocycles. The zero-order valence-corrected chi connectivity index (χ0v) is 11.1. The van der Waals surface area contributed by atoms with E-state index in [9.17, 15) is 0 Å². The van der Waals surface area contributed by atoms with Gasteiger partial charge in [-0.1, -0.05) is 19.9 Å². The summed E-state index contributed by atoms with van der Waals surface area (Å²) in [6.07, 6.45) is 1.28. The monoisotopic (exact) mass is 233 g/mol. The molecule has 1 aliphatic heterocycles. The van der Waals surface area contributed by atoms with Gasteiger partial charge >= 0.3 is 0 Å². The van der Waals surface area contributed by atoms with E-state index in [4.69, 9.17) is 4.98 Å². The normalized spacial score (nSPS) is 25.0. The fourth-order valence-electron chi connectivity index (χ4n) is 2.39. The van der Waals surface area contributed by atoms with Gasteiger partial charge in [-0.15, -0.1) is 0 Å². The molecule has 0 saturated carbocycles. The van der Waals surface area contributed by atoms with Crippen molar-refractivity contribution >= 4 is 5.82 Å². The van der Waals surface area contributed by atoms with Crippen LogP contribution >= 0.6 is 0 Å². The molecule has 94 valence electrons. The molecule has 0 spiro atoms. The highest BCUT2D eigenvalue weighted by atomic mass is 15.2. The van der Waals surface area contributed by atoms with Crippen molar-refractivity contribution in [1.82, 2.24) is 10.3 Å². The zero-order valence-electron chi connectivity index (χ0n) is 11.1. The van der Waals surface area contributed by atoms with Crippen LogP contribution in [0.2, 0.25) is 0 Å². The molecule has 0 amide bonds. The zero-order chi connectivity index (χ0) is 12.3. The number of anilines is 1. The third-order valence-corrected chi connectivity index (χ3v) is 3.81. The fraction of sp³-hybridized carbons (Fsp3) is 0.643. The van der Waals surface area contributed by atoms with Gasteiger partial charge in [0, 0.05) is 19.6 Å². The van der Waals surface area contributed by atoms with E-state index in [0.717, 1.165) is 43.0 Å². The first-order valence-corrected chi connectivity index (χ1v) is 6.56. The topological polar surface area (TPSA) is 28.2 Å². The lowest BCUT2D eigenvalue weighted by Crippen LogP contribution is -2.39. The highest BCUT2D eigenvalue weighted by molar-refractivity contribution is 5.39. The van der Waals surface area contributed by atoms with E-state index in [1.165, 1.54) is 6.42 Å². The summed E-state index contributed by atoms with van der Waals surface area (Å²) in [6, 6.07) is 6.32. The van der Waals surface area contributed by atoms with Gasteiger partial charge in [0.15, 0.2) is 0 Å². The largest absolute Gasteiger partial charge is 0.356 e. The molecule has 3 nitrogen and oxygen atoms in total. The standard InChI is InChI=1S/C14H23N3/c1-11-7-8-17(10-12(11)2)14-6-4-5-13(16-14)9-15-3/h4-6,11-12,15H,7-10H2,1-3H3. The summed E-state index contributed by atoms with van der Waals surface area (Å²) in [5, 5.41) is 3.15. The Hall–Kier alpha value is -1.09. The number of hydrogen-bond acceptors (Lipinski definition) is 3. The van der Waals surface area contributed by atoms with Crippen LogP contribution < -0.4 is 10.2 Å². The van der Waals surface area contributed by atoms with Crippen LogP contribution in [0.4, 0.5) is 5.82 Å². The maximum Gasteiger partial charge on any atom is 0.128 e. The summed E-state index contributed by atoms with van der Waals surface area (Å²) in [7, 11) is 1.96.